The van der Waals surface area contributed by atoms with Crippen LogP contribution < -0.4 is 11.0 Å². The fraction of sp³-hybridized carbons (Fsp3) is 0.455. The summed E-state index contributed by atoms with van der Waals surface area (Å²) in [5.41, 5.74) is 0.721. The lowest BCUT2D eigenvalue weighted by Crippen LogP contribution is -2.51. The van der Waals surface area contributed by atoms with Crippen LogP contribution in [0.1, 0.15) is 32.6 Å². The molecule has 0 bridgehead atoms. The van der Waals surface area contributed by atoms with Gasteiger partial charge in [0.1, 0.15) is 5.82 Å². The van der Waals surface area contributed by atoms with Gasteiger partial charge in [0.2, 0.25) is 0 Å². The van der Waals surface area contributed by atoms with Gasteiger partial charge in [0.15, 0.2) is 26.7 Å². The molecule has 3 rings (SSSR count). The van der Waals surface area contributed by atoms with Crippen LogP contribution in [0, 0.1) is 11.6 Å². The Hall–Kier alpha value is -2.63. The standard InChI is InChI=1S/C22H26F2N2O6S/c1-22(33(2,29)30,21(28)25-32-17-10-6-7-13-31-17)11-12-26-14-16(23)18(19(24)20(26)27)15-8-4-3-5-9-15/h3-5,8-9,14,17H,6-7,10-13H2,1-2H3,(H,25,28)/t17?,22-/m1/s1. The van der Waals surface area contributed by atoms with Crippen molar-refractivity contribution in [3.63, 3.8) is 0 Å². The molecule has 2 heterocycles. The molecule has 2 aromatic rings. The fourth-order valence-electron chi connectivity index (χ4n) is 3.47. The number of hydrogen-bond acceptors (Lipinski definition) is 6. The molecule has 2 atom stereocenters. The number of sulfone groups is 1. The van der Waals surface area contributed by atoms with E-state index in [1.165, 1.54) is 19.1 Å². The summed E-state index contributed by atoms with van der Waals surface area (Å²) in [6.07, 6.45) is 2.80. The smallest absolute Gasteiger partial charge is 0.287 e. The molecule has 1 unspecified atom stereocenters. The van der Waals surface area contributed by atoms with Crippen molar-refractivity contribution in [2.75, 3.05) is 12.9 Å². The lowest BCUT2D eigenvalue weighted by atomic mass is 10.0. The Balaban J connectivity index is 1.81. The number of nitrogens with zero attached hydrogens (tertiary/aromatic N) is 1. The monoisotopic (exact) mass is 484 g/mol. The number of halogens is 2. The van der Waals surface area contributed by atoms with Gasteiger partial charge in [-0.25, -0.2) is 27.5 Å². The van der Waals surface area contributed by atoms with Crippen LogP contribution in [0.25, 0.3) is 11.1 Å². The molecule has 1 saturated heterocycles. The molecular formula is C22H26F2N2O6S. The molecule has 0 radical (unpaired) electrons. The highest BCUT2D eigenvalue weighted by molar-refractivity contribution is 7.92. The third kappa shape index (κ3) is 5.48. The summed E-state index contributed by atoms with van der Waals surface area (Å²) in [7, 11) is -4.01. The van der Waals surface area contributed by atoms with Gasteiger partial charge in [-0.1, -0.05) is 30.3 Å². The number of hydrogen-bond donors (Lipinski definition) is 1. The van der Waals surface area contributed by atoms with Crippen molar-refractivity contribution in [1.82, 2.24) is 10.0 Å². The first-order valence-electron chi connectivity index (χ1n) is 10.5. The number of rotatable bonds is 8. The second-order valence-corrected chi connectivity index (χ2v) is 10.6. The normalized spacial score (nSPS) is 18.5. The van der Waals surface area contributed by atoms with Crippen molar-refractivity contribution in [2.24, 2.45) is 0 Å². The average molecular weight is 485 g/mol. The molecule has 0 saturated carbocycles. The number of aromatic nitrogens is 1. The maximum absolute atomic E-state index is 14.7. The molecule has 1 amide bonds. The van der Waals surface area contributed by atoms with E-state index in [1.807, 2.05) is 0 Å². The summed E-state index contributed by atoms with van der Waals surface area (Å²) in [4.78, 5) is 30.4. The van der Waals surface area contributed by atoms with Crippen LogP contribution in [0.5, 0.6) is 0 Å². The molecule has 1 aliphatic rings. The Bertz CT molecular complexity index is 1160. The Morgan fingerprint density at radius 3 is 2.58 bits per heavy atom. The highest BCUT2D eigenvalue weighted by Crippen LogP contribution is 2.26. The van der Waals surface area contributed by atoms with Crippen molar-refractivity contribution in [3.8, 4) is 11.1 Å². The van der Waals surface area contributed by atoms with Crippen LogP contribution in [0.2, 0.25) is 0 Å². The number of carbonyl (C=O) groups is 1. The van der Waals surface area contributed by atoms with Crippen LogP contribution in [0.3, 0.4) is 0 Å². The number of carbonyl (C=O) groups excluding carboxylic acids is 1. The zero-order valence-electron chi connectivity index (χ0n) is 18.3. The average Bonchev–Trinajstić information content (AvgIpc) is 2.79. The number of ether oxygens (including phenoxy) is 1. The van der Waals surface area contributed by atoms with Crippen molar-refractivity contribution in [2.45, 2.75) is 50.2 Å². The van der Waals surface area contributed by atoms with Crippen LogP contribution in [0.15, 0.2) is 41.3 Å². The van der Waals surface area contributed by atoms with E-state index < -0.39 is 62.5 Å². The Morgan fingerprint density at radius 2 is 1.97 bits per heavy atom. The van der Waals surface area contributed by atoms with E-state index >= 15 is 0 Å². The van der Waals surface area contributed by atoms with Crippen LogP contribution in [0.4, 0.5) is 8.78 Å². The van der Waals surface area contributed by atoms with Gasteiger partial charge < -0.3 is 9.30 Å². The maximum atomic E-state index is 14.7. The summed E-state index contributed by atoms with van der Waals surface area (Å²) < 4.78 is 58.3. The van der Waals surface area contributed by atoms with Crippen LogP contribution in [-0.4, -0.2) is 42.8 Å². The van der Waals surface area contributed by atoms with Crippen LogP contribution >= 0.6 is 0 Å². The molecule has 1 aromatic heterocycles. The molecule has 8 nitrogen and oxygen atoms in total. The molecule has 180 valence electrons. The molecule has 33 heavy (non-hydrogen) atoms. The number of benzene rings is 1. The zero-order chi connectivity index (χ0) is 24.2. The largest absolute Gasteiger partial charge is 0.350 e. The predicted octanol–water partition coefficient (Wildman–Crippen LogP) is 2.56. The Labute approximate surface area is 190 Å². The van der Waals surface area contributed by atoms with Gasteiger partial charge in [-0.15, -0.1) is 0 Å². The number of pyridine rings is 1. The maximum Gasteiger partial charge on any atom is 0.287 e. The first-order valence-corrected chi connectivity index (χ1v) is 12.3. The van der Waals surface area contributed by atoms with Gasteiger partial charge in [-0.05, 0) is 31.7 Å². The second kappa shape index (κ2) is 10.1. The van der Waals surface area contributed by atoms with Crippen LogP contribution in [-0.2, 0) is 30.8 Å². The molecule has 0 aliphatic carbocycles. The van der Waals surface area contributed by atoms with Gasteiger partial charge in [0.25, 0.3) is 11.5 Å². The van der Waals surface area contributed by atoms with Gasteiger partial charge in [-0.2, -0.15) is 0 Å². The topological polar surface area (TPSA) is 104 Å². The molecule has 1 aliphatic heterocycles. The zero-order valence-corrected chi connectivity index (χ0v) is 19.2. The van der Waals surface area contributed by atoms with E-state index in [0.717, 1.165) is 29.9 Å². The minimum atomic E-state index is -4.01. The SMILES string of the molecule is C[C@@](CCn1cc(F)c(-c2ccccc2)c(F)c1=O)(C(=O)NOC1CCCCO1)S(C)(=O)=O. The minimum Gasteiger partial charge on any atom is -0.350 e. The first-order chi connectivity index (χ1) is 15.5. The summed E-state index contributed by atoms with van der Waals surface area (Å²) in [5.74, 6) is -3.25. The van der Waals surface area contributed by atoms with E-state index in [1.54, 1.807) is 18.2 Å². The third-order valence-electron chi connectivity index (χ3n) is 5.79. The second-order valence-electron chi connectivity index (χ2n) is 8.13. The highest BCUT2D eigenvalue weighted by atomic mass is 32.2. The van der Waals surface area contributed by atoms with E-state index in [4.69, 9.17) is 9.57 Å². The first kappa shape index (κ1) is 25.0. The van der Waals surface area contributed by atoms with E-state index in [9.17, 15) is 26.8 Å². The molecule has 11 heteroatoms. The summed E-state index contributed by atoms with van der Waals surface area (Å²) in [6, 6.07) is 7.76. The van der Waals surface area contributed by atoms with Gasteiger partial charge in [0, 0.05) is 32.0 Å². The quantitative estimate of drug-likeness (QED) is 0.578. The van der Waals surface area contributed by atoms with Gasteiger partial charge in [0.05, 0.1) is 5.56 Å². The van der Waals surface area contributed by atoms with Crippen molar-refractivity contribution in [3.05, 3.63) is 58.5 Å². The molecule has 1 N–H and O–H groups in total. The van der Waals surface area contributed by atoms with Crippen molar-refractivity contribution >= 4 is 15.7 Å². The minimum absolute atomic E-state index is 0.194. The summed E-state index contributed by atoms with van der Waals surface area (Å²) in [6.45, 7) is 1.21. The molecule has 1 aromatic carbocycles. The Morgan fingerprint density at radius 1 is 1.27 bits per heavy atom. The predicted molar refractivity (Wildman–Crippen MR) is 117 cm³/mol. The van der Waals surface area contributed by atoms with E-state index in [0.29, 0.717) is 13.0 Å². The number of nitrogens with one attached hydrogen (secondary N) is 1. The van der Waals surface area contributed by atoms with E-state index in [-0.39, 0.29) is 5.56 Å². The number of amides is 1. The van der Waals surface area contributed by atoms with E-state index in [2.05, 4.69) is 5.48 Å². The van der Waals surface area contributed by atoms with Crippen molar-refractivity contribution in [1.29, 1.82) is 0 Å². The molecule has 0 spiro atoms. The summed E-state index contributed by atoms with van der Waals surface area (Å²) >= 11 is 0. The lowest BCUT2D eigenvalue weighted by molar-refractivity contribution is -0.201. The van der Waals surface area contributed by atoms with Crippen molar-refractivity contribution < 1.29 is 31.6 Å². The third-order valence-corrected chi connectivity index (χ3v) is 7.81. The molecule has 1 fully saturated rings. The van der Waals surface area contributed by atoms with Gasteiger partial charge in [-0.3, -0.25) is 9.59 Å². The lowest BCUT2D eigenvalue weighted by Gasteiger charge is -2.28. The molecular weight excluding hydrogens is 458 g/mol. The fourth-order valence-corrected chi connectivity index (χ4v) is 4.31. The Kier molecular flexibility index (Phi) is 7.65. The number of hydroxylamine groups is 1. The summed E-state index contributed by atoms with van der Waals surface area (Å²) in [5, 5.41) is 0. The highest BCUT2D eigenvalue weighted by Gasteiger charge is 2.44. The number of aryl methyl sites for hydroxylation is 1. The van der Waals surface area contributed by atoms with Gasteiger partial charge >= 0.3 is 0 Å².